The van der Waals surface area contributed by atoms with Gasteiger partial charge in [-0.05, 0) is 48.9 Å². The summed E-state index contributed by atoms with van der Waals surface area (Å²) in [5.41, 5.74) is 0.0100. The Balaban J connectivity index is 1.72. The third-order valence-corrected chi connectivity index (χ3v) is 5.39. The van der Waals surface area contributed by atoms with Gasteiger partial charge in [0.1, 0.15) is 0 Å². The second-order valence-corrected chi connectivity index (χ2v) is 7.79. The third-order valence-electron chi connectivity index (χ3n) is 5.39. The van der Waals surface area contributed by atoms with Gasteiger partial charge in [0.25, 0.3) is 5.91 Å². The minimum absolute atomic E-state index is 0.00841. The lowest BCUT2D eigenvalue weighted by atomic mass is 10.0. The maximum atomic E-state index is 13.2. The molecule has 0 saturated carbocycles. The van der Waals surface area contributed by atoms with Gasteiger partial charge in [0.15, 0.2) is 0 Å². The maximum Gasteiger partial charge on any atom is 0.416 e. The SMILES string of the molecule is CCOC(=O)c1cc(C(=O)c2cccc(C(F)(F)F)c2)n2ccc(C(=O)NCc3cccnc3)cc12. The lowest BCUT2D eigenvalue weighted by Gasteiger charge is -2.09. The summed E-state index contributed by atoms with van der Waals surface area (Å²) in [7, 11) is 0. The molecule has 3 aromatic heterocycles. The van der Waals surface area contributed by atoms with Gasteiger partial charge in [-0.15, -0.1) is 0 Å². The van der Waals surface area contributed by atoms with Crippen molar-refractivity contribution in [1.29, 1.82) is 0 Å². The molecule has 0 aliphatic carbocycles. The van der Waals surface area contributed by atoms with Crippen LogP contribution in [-0.4, -0.2) is 33.7 Å². The van der Waals surface area contributed by atoms with Crippen LogP contribution in [0.3, 0.4) is 0 Å². The molecule has 1 amide bonds. The monoisotopic (exact) mass is 495 g/mol. The predicted molar refractivity (Wildman–Crippen MR) is 124 cm³/mol. The number of benzene rings is 1. The number of ether oxygens (including phenoxy) is 1. The van der Waals surface area contributed by atoms with Crippen LogP contribution in [0.25, 0.3) is 5.52 Å². The molecule has 0 atom stereocenters. The third kappa shape index (κ3) is 5.12. The van der Waals surface area contributed by atoms with Crippen molar-refractivity contribution in [3.8, 4) is 0 Å². The van der Waals surface area contributed by atoms with Crippen molar-refractivity contribution >= 4 is 23.2 Å². The number of carbonyl (C=O) groups is 3. The van der Waals surface area contributed by atoms with E-state index in [-0.39, 0.29) is 41.1 Å². The average molecular weight is 495 g/mol. The number of carbonyl (C=O) groups excluding carboxylic acids is 3. The van der Waals surface area contributed by atoms with Crippen LogP contribution in [-0.2, 0) is 17.5 Å². The number of nitrogens with one attached hydrogen (secondary N) is 1. The number of amides is 1. The number of hydrogen-bond acceptors (Lipinski definition) is 5. The quantitative estimate of drug-likeness (QED) is 0.297. The van der Waals surface area contributed by atoms with Gasteiger partial charge in [0, 0.05) is 36.3 Å². The second kappa shape index (κ2) is 10.0. The van der Waals surface area contributed by atoms with Gasteiger partial charge in [-0.25, -0.2) is 4.79 Å². The van der Waals surface area contributed by atoms with Crippen LogP contribution in [0.1, 0.15) is 54.8 Å². The van der Waals surface area contributed by atoms with E-state index in [1.165, 1.54) is 34.9 Å². The second-order valence-electron chi connectivity index (χ2n) is 7.79. The maximum absolute atomic E-state index is 13.2. The van der Waals surface area contributed by atoms with E-state index >= 15 is 0 Å². The molecule has 0 saturated heterocycles. The van der Waals surface area contributed by atoms with Crippen molar-refractivity contribution in [3.63, 3.8) is 0 Å². The van der Waals surface area contributed by atoms with Crippen molar-refractivity contribution in [1.82, 2.24) is 14.7 Å². The largest absolute Gasteiger partial charge is 0.462 e. The Bertz CT molecular complexity index is 1450. The number of aromatic nitrogens is 2. The summed E-state index contributed by atoms with van der Waals surface area (Å²) in [6.45, 7) is 1.91. The summed E-state index contributed by atoms with van der Waals surface area (Å²) >= 11 is 0. The first-order valence-corrected chi connectivity index (χ1v) is 10.9. The lowest BCUT2D eigenvalue weighted by Crippen LogP contribution is -2.23. The molecule has 1 aromatic carbocycles. The van der Waals surface area contributed by atoms with Gasteiger partial charge in [-0.3, -0.25) is 14.6 Å². The number of nitrogens with zero attached hydrogens (tertiary/aromatic N) is 2. The van der Waals surface area contributed by atoms with Crippen molar-refractivity contribution in [2.24, 2.45) is 0 Å². The Morgan fingerprint density at radius 3 is 2.53 bits per heavy atom. The molecule has 1 N–H and O–H groups in total. The van der Waals surface area contributed by atoms with Gasteiger partial charge in [-0.2, -0.15) is 13.2 Å². The zero-order valence-electron chi connectivity index (χ0n) is 19.0. The molecule has 0 unspecified atom stereocenters. The standard InChI is InChI=1S/C26H20F3N3O4/c1-2-36-25(35)20-13-22(23(33)17-6-3-7-19(11-17)26(27,28)29)32-10-8-18(12-21(20)32)24(34)31-15-16-5-4-9-30-14-16/h3-14H,2,15H2,1H3,(H,31,34). The Kier molecular flexibility index (Phi) is 6.86. The zero-order chi connectivity index (χ0) is 25.9. The highest BCUT2D eigenvalue weighted by Crippen LogP contribution is 2.30. The Morgan fingerprint density at radius 2 is 1.83 bits per heavy atom. The highest BCUT2D eigenvalue weighted by atomic mass is 19.4. The van der Waals surface area contributed by atoms with Crippen LogP contribution in [0.5, 0.6) is 0 Å². The molecule has 0 fully saturated rings. The molecule has 0 aliphatic rings. The minimum Gasteiger partial charge on any atom is -0.462 e. The van der Waals surface area contributed by atoms with Crippen molar-refractivity contribution in [3.05, 3.63) is 107 Å². The molecule has 0 aliphatic heterocycles. The summed E-state index contributed by atoms with van der Waals surface area (Å²) < 4.78 is 45.9. The Morgan fingerprint density at radius 1 is 1.03 bits per heavy atom. The molecular formula is C26H20F3N3O4. The fourth-order valence-electron chi connectivity index (χ4n) is 3.66. The van der Waals surface area contributed by atoms with Gasteiger partial charge < -0.3 is 14.5 Å². The van der Waals surface area contributed by atoms with Gasteiger partial charge >= 0.3 is 12.1 Å². The number of hydrogen-bond donors (Lipinski definition) is 1. The van der Waals surface area contributed by atoms with Crippen LogP contribution in [0.4, 0.5) is 13.2 Å². The lowest BCUT2D eigenvalue weighted by molar-refractivity contribution is -0.137. The van der Waals surface area contributed by atoms with Crippen molar-refractivity contribution in [2.45, 2.75) is 19.6 Å². The first-order valence-electron chi connectivity index (χ1n) is 10.9. The van der Waals surface area contributed by atoms with E-state index in [1.807, 2.05) is 0 Å². The number of rotatable bonds is 7. The van der Waals surface area contributed by atoms with Crippen LogP contribution in [0.15, 0.2) is 73.2 Å². The highest BCUT2D eigenvalue weighted by molar-refractivity contribution is 6.11. The fourth-order valence-corrected chi connectivity index (χ4v) is 3.66. The molecule has 36 heavy (non-hydrogen) atoms. The Labute approximate surface area is 203 Å². The van der Waals surface area contributed by atoms with E-state index < -0.39 is 29.4 Å². The Hall–Kier alpha value is -4.47. The number of esters is 1. The van der Waals surface area contributed by atoms with Gasteiger partial charge in [0.2, 0.25) is 5.78 Å². The van der Waals surface area contributed by atoms with E-state index in [2.05, 4.69) is 10.3 Å². The zero-order valence-corrected chi connectivity index (χ0v) is 19.0. The van der Waals surface area contributed by atoms with Crippen LogP contribution in [0.2, 0.25) is 0 Å². The number of fused-ring (bicyclic) bond motifs is 1. The van der Waals surface area contributed by atoms with Crippen molar-refractivity contribution in [2.75, 3.05) is 6.61 Å². The summed E-state index contributed by atoms with van der Waals surface area (Å²) in [5.74, 6) is -1.88. The molecule has 7 nitrogen and oxygen atoms in total. The van der Waals surface area contributed by atoms with E-state index in [4.69, 9.17) is 4.74 Å². The van der Waals surface area contributed by atoms with Crippen molar-refractivity contribution < 1.29 is 32.3 Å². The molecule has 184 valence electrons. The van der Waals surface area contributed by atoms with E-state index in [0.29, 0.717) is 0 Å². The topological polar surface area (TPSA) is 89.8 Å². The normalized spacial score (nSPS) is 11.3. The van der Waals surface area contributed by atoms with E-state index in [0.717, 1.165) is 23.8 Å². The molecule has 0 bridgehead atoms. The van der Waals surface area contributed by atoms with E-state index in [1.54, 1.807) is 31.5 Å². The van der Waals surface area contributed by atoms with Crippen LogP contribution >= 0.6 is 0 Å². The number of halogens is 3. The molecular weight excluding hydrogens is 475 g/mol. The number of alkyl halides is 3. The van der Waals surface area contributed by atoms with E-state index in [9.17, 15) is 27.6 Å². The molecule has 0 spiro atoms. The summed E-state index contributed by atoms with van der Waals surface area (Å²) in [6, 6.07) is 11.7. The minimum atomic E-state index is -4.62. The summed E-state index contributed by atoms with van der Waals surface area (Å²) in [5, 5.41) is 2.75. The smallest absolute Gasteiger partial charge is 0.416 e. The molecule has 0 radical (unpaired) electrons. The molecule has 4 aromatic rings. The van der Waals surface area contributed by atoms with Crippen LogP contribution < -0.4 is 5.32 Å². The van der Waals surface area contributed by atoms with Gasteiger partial charge in [0.05, 0.1) is 28.9 Å². The van der Waals surface area contributed by atoms with Gasteiger partial charge in [-0.1, -0.05) is 18.2 Å². The fraction of sp³-hybridized carbons (Fsp3) is 0.154. The molecule has 4 rings (SSSR count). The summed E-state index contributed by atoms with van der Waals surface area (Å²) in [4.78, 5) is 42.5. The number of pyridine rings is 2. The highest BCUT2D eigenvalue weighted by Gasteiger charge is 2.31. The predicted octanol–water partition coefficient (Wildman–Crippen LogP) is 4.69. The number of ketones is 1. The molecule has 3 heterocycles. The molecule has 10 heteroatoms. The first-order chi connectivity index (χ1) is 17.2. The first kappa shape index (κ1) is 24.6. The van der Waals surface area contributed by atoms with Crippen LogP contribution in [0, 0.1) is 0 Å². The summed E-state index contributed by atoms with van der Waals surface area (Å²) in [6.07, 6.45) is 0.0195. The average Bonchev–Trinajstić information content (AvgIpc) is 3.26.